The van der Waals surface area contributed by atoms with E-state index in [0.29, 0.717) is 17.4 Å². The molecular formula is C19H21N4OS+. The molecule has 3 N–H and O–H groups in total. The number of nitriles is 1. The van der Waals surface area contributed by atoms with Crippen LogP contribution in [-0.2, 0) is 5.41 Å². The number of ether oxygens (including phenoxy) is 1. The minimum absolute atomic E-state index is 0.288. The molecule has 0 aromatic carbocycles. The molecule has 128 valence electrons. The van der Waals surface area contributed by atoms with Crippen molar-refractivity contribution in [2.45, 2.75) is 32.1 Å². The van der Waals surface area contributed by atoms with E-state index in [4.69, 9.17) is 15.5 Å². The van der Waals surface area contributed by atoms with Gasteiger partial charge in [-0.25, -0.2) is 4.98 Å². The molecule has 6 rings (SSSR count). The van der Waals surface area contributed by atoms with Crippen LogP contribution in [0.15, 0.2) is 17.5 Å². The molecule has 6 heteroatoms. The Kier molecular flexibility index (Phi) is 3.01. The Morgan fingerprint density at radius 3 is 2.80 bits per heavy atom. The van der Waals surface area contributed by atoms with Gasteiger partial charge in [0.05, 0.1) is 29.9 Å². The number of nitrogens with two attached hydrogens (primary N) is 1. The van der Waals surface area contributed by atoms with Crippen molar-refractivity contribution in [1.82, 2.24) is 4.98 Å². The molecule has 0 unspecified atom stereocenters. The molecule has 2 aromatic rings. The summed E-state index contributed by atoms with van der Waals surface area (Å²) in [6.07, 6.45) is 2.29. The summed E-state index contributed by atoms with van der Waals surface area (Å²) < 4.78 is 6.04. The number of thiophene rings is 1. The zero-order valence-electron chi connectivity index (χ0n) is 14.5. The second kappa shape index (κ2) is 4.96. The highest BCUT2D eigenvalue weighted by Crippen LogP contribution is 2.56. The van der Waals surface area contributed by atoms with E-state index in [1.165, 1.54) is 18.0 Å². The number of nitrogens with zero attached hydrogens (tertiary/aromatic N) is 2. The second-order valence-corrected chi connectivity index (χ2v) is 8.65. The first-order valence-corrected chi connectivity index (χ1v) is 9.69. The smallest absolute Gasteiger partial charge is 0.205 e. The molecule has 3 saturated heterocycles. The summed E-state index contributed by atoms with van der Waals surface area (Å²) in [5, 5.41) is 11.0. The van der Waals surface area contributed by atoms with Gasteiger partial charge in [0.1, 0.15) is 21.9 Å². The molecule has 4 aliphatic heterocycles. The zero-order valence-corrected chi connectivity index (χ0v) is 15.3. The predicted octanol–water partition coefficient (Wildman–Crippen LogP) is 1.55. The summed E-state index contributed by atoms with van der Waals surface area (Å²) in [4.78, 5) is 8.50. The number of fused-ring (bicyclic) bond motifs is 5. The Hall–Kier alpha value is -2.10. The van der Waals surface area contributed by atoms with E-state index in [1.807, 2.05) is 6.92 Å². The van der Waals surface area contributed by atoms with Crippen molar-refractivity contribution < 1.29 is 9.64 Å². The summed E-state index contributed by atoms with van der Waals surface area (Å²) in [6, 6.07) is 4.50. The van der Waals surface area contributed by atoms with Gasteiger partial charge in [0.2, 0.25) is 5.88 Å². The van der Waals surface area contributed by atoms with Crippen molar-refractivity contribution in [3.05, 3.63) is 33.7 Å². The Bertz CT molecular complexity index is 977. The summed E-state index contributed by atoms with van der Waals surface area (Å²) in [5.74, 6) is 1.62. The molecule has 0 saturated carbocycles. The third kappa shape index (κ3) is 1.83. The van der Waals surface area contributed by atoms with Crippen LogP contribution in [0.25, 0.3) is 10.2 Å². The standard InChI is InChI=1S/C19H20N4OS/c1-10-7-11(2)22-18-14(10)15-16(25-18)19(13(8-20)17(21)24-15)9-23-5-3-12(19)4-6-23/h7,12H,3-6,9,21H2,1-2H3/p+1/t19-/m0/s1. The summed E-state index contributed by atoms with van der Waals surface area (Å²) in [7, 11) is 0. The van der Waals surface area contributed by atoms with E-state index in [1.54, 1.807) is 16.2 Å². The molecule has 2 bridgehead atoms. The number of pyridine rings is 1. The lowest BCUT2D eigenvalue weighted by Gasteiger charge is -2.51. The highest BCUT2D eigenvalue weighted by Gasteiger charge is 2.58. The van der Waals surface area contributed by atoms with Gasteiger partial charge in [-0.1, -0.05) is 0 Å². The van der Waals surface area contributed by atoms with Crippen molar-refractivity contribution in [2.75, 3.05) is 19.6 Å². The van der Waals surface area contributed by atoms with Gasteiger partial charge >= 0.3 is 0 Å². The van der Waals surface area contributed by atoms with E-state index in [2.05, 4.69) is 19.1 Å². The average molecular weight is 353 g/mol. The minimum Gasteiger partial charge on any atom is -0.439 e. The number of hydrogen-bond acceptors (Lipinski definition) is 5. The van der Waals surface area contributed by atoms with Crippen molar-refractivity contribution >= 4 is 21.6 Å². The Morgan fingerprint density at radius 2 is 2.16 bits per heavy atom. The number of piperidine rings is 3. The molecular weight excluding hydrogens is 332 g/mol. The van der Waals surface area contributed by atoms with Crippen molar-refractivity contribution in [3.63, 3.8) is 0 Å². The van der Waals surface area contributed by atoms with Crippen LogP contribution in [0.4, 0.5) is 0 Å². The lowest BCUT2D eigenvalue weighted by atomic mass is 9.61. The van der Waals surface area contributed by atoms with Gasteiger partial charge in [-0.2, -0.15) is 5.26 Å². The van der Waals surface area contributed by atoms with Gasteiger partial charge in [-0.05, 0) is 31.4 Å². The van der Waals surface area contributed by atoms with E-state index in [9.17, 15) is 5.26 Å². The van der Waals surface area contributed by atoms with Crippen LogP contribution in [0.2, 0.25) is 0 Å². The van der Waals surface area contributed by atoms with Crippen LogP contribution < -0.4 is 15.4 Å². The summed E-state index contributed by atoms with van der Waals surface area (Å²) in [6.45, 7) is 7.46. The number of aryl methyl sites for hydroxylation is 2. The Labute approximate surface area is 150 Å². The molecule has 1 spiro atoms. The van der Waals surface area contributed by atoms with Gasteiger partial charge in [0, 0.05) is 18.5 Å². The van der Waals surface area contributed by atoms with E-state index in [0.717, 1.165) is 46.6 Å². The molecule has 25 heavy (non-hydrogen) atoms. The Balaban J connectivity index is 1.85. The molecule has 0 amide bonds. The molecule has 0 radical (unpaired) electrons. The van der Waals surface area contributed by atoms with Gasteiger partial charge in [-0.3, -0.25) is 0 Å². The molecule has 6 heterocycles. The van der Waals surface area contributed by atoms with Gasteiger partial charge in [-0.15, -0.1) is 11.3 Å². The fourth-order valence-corrected chi connectivity index (χ4v) is 6.74. The average Bonchev–Trinajstić information content (AvgIpc) is 2.95. The predicted molar refractivity (Wildman–Crippen MR) is 96.5 cm³/mol. The number of aromatic nitrogens is 1. The Morgan fingerprint density at radius 1 is 1.40 bits per heavy atom. The minimum atomic E-state index is -0.288. The molecule has 2 aromatic heterocycles. The lowest BCUT2D eigenvalue weighted by Crippen LogP contribution is -3.17. The number of nitrogens with one attached hydrogen (secondary N) is 1. The number of rotatable bonds is 0. The van der Waals surface area contributed by atoms with Gasteiger partial charge < -0.3 is 15.4 Å². The van der Waals surface area contributed by atoms with E-state index >= 15 is 0 Å². The topological polar surface area (TPSA) is 76.4 Å². The first kappa shape index (κ1) is 15.2. The fourth-order valence-electron chi connectivity index (χ4n) is 5.24. The van der Waals surface area contributed by atoms with Crippen LogP contribution >= 0.6 is 11.3 Å². The van der Waals surface area contributed by atoms with Crippen molar-refractivity contribution in [3.8, 4) is 11.8 Å². The largest absolute Gasteiger partial charge is 0.439 e. The fraction of sp³-hybridized carbons (Fsp3) is 0.474. The SMILES string of the molecule is Cc1cc(C)c2c3c(sc2n1)[C@]1(C[NH+]2CCC1CC2)C(C#N)=C(N)O3. The maximum Gasteiger partial charge on any atom is 0.205 e. The van der Waals surface area contributed by atoms with E-state index < -0.39 is 0 Å². The maximum atomic E-state index is 9.92. The first-order valence-electron chi connectivity index (χ1n) is 8.87. The summed E-state index contributed by atoms with van der Waals surface area (Å²) in [5.41, 5.74) is 8.81. The van der Waals surface area contributed by atoms with Crippen LogP contribution in [-0.4, -0.2) is 24.6 Å². The van der Waals surface area contributed by atoms with Crippen LogP contribution in [0.3, 0.4) is 0 Å². The van der Waals surface area contributed by atoms with Crippen LogP contribution in [0.1, 0.15) is 29.0 Å². The molecule has 4 aliphatic rings. The third-order valence-electron chi connectivity index (χ3n) is 6.28. The van der Waals surface area contributed by atoms with Gasteiger partial charge in [0.25, 0.3) is 0 Å². The second-order valence-electron chi connectivity index (χ2n) is 7.65. The molecule has 3 fully saturated rings. The zero-order chi connectivity index (χ0) is 17.3. The van der Waals surface area contributed by atoms with Crippen molar-refractivity contribution in [2.24, 2.45) is 11.7 Å². The molecule has 5 nitrogen and oxygen atoms in total. The monoisotopic (exact) mass is 353 g/mol. The van der Waals surface area contributed by atoms with Crippen LogP contribution in [0, 0.1) is 31.1 Å². The highest BCUT2D eigenvalue weighted by atomic mass is 32.1. The summed E-state index contributed by atoms with van der Waals surface area (Å²) >= 11 is 1.70. The van der Waals surface area contributed by atoms with Crippen LogP contribution in [0.5, 0.6) is 5.75 Å². The van der Waals surface area contributed by atoms with Crippen molar-refractivity contribution in [1.29, 1.82) is 5.26 Å². The first-order chi connectivity index (χ1) is 12.0. The van der Waals surface area contributed by atoms with Gasteiger partial charge in [0.15, 0.2) is 5.75 Å². The van der Waals surface area contributed by atoms with E-state index in [-0.39, 0.29) is 5.41 Å². The molecule has 0 aliphatic carbocycles. The molecule has 1 atom stereocenters. The lowest BCUT2D eigenvalue weighted by molar-refractivity contribution is -0.921. The normalized spacial score (nSPS) is 30.4. The number of hydrogen-bond donors (Lipinski definition) is 2. The third-order valence-corrected chi connectivity index (χ3v) is 7.53. The highest BCUT2D eigenvalue weighted by molar-refractivity contribution is 7.19. The quantitative estimate of drug-likeness (QED) is 0.753. The maximum absolute atomic E-state index is 9.92. The number of quaternary nitrogens is 1.